The molecule has 0 aliphatic carbocycles. The molecule has 0 spiro atoms. The number of nitrogens with one attached hydrogen (secondary N) is 1. The molecular formula is C18H18N2O4. The first-order chi connectivity index (χ1) is 11.7. The standard InChI is InChI=1S/C18H18N2O4/c1-23-18(22)16-9-7-15(8-10-16)11-19-17(21)13-24-20-12-14-5-3-2-4-6-14/h2-10,12H,11,13H2,1H3,(H,19,21)/b20-12-. The van der Waals surface area contributed by atoms with Gasteiger partial charge in [-0.15, -0.1) is 0 Å². The Bertz CT molecular complexity index is 697. The largest absolute Gasteiger partial charge is 0.465 e. The van der Waals surface area contributed by atoms with Crippen molar-refractivity contribution in [2.24, 2.45) is 5.16 Å². The first-order valence-electron chi connectivity index (χ1n) is 7.33. The molecule has 0 saturated carbocycles. The van der Waals surface area contributed by atoms with Gasteiger partial charge in [-0.3, -0.25) is 4.79 Å². The minimum absolute atomic E-state index is 0.163. The Morgan fingerprint density at radius 3 is 2.46 bits per heavy atom. The fraction of sp³-hybridized carbons (Fsp3) is 0.167. The van der Waals surface area contributed by atoms with E-state index in [2.05, 4.69) is 15.2 Å². The molecule has 1 amide bonds. The first-order valence-corrected chi connectivity index (χ1v) is 7.33. The van der Waals surface area contributed by atoms with Gasteiger partial charge in [-0.2, -0.15) is 0 Å². The van der Waals surface area contributed by atoms with E-state index in [0.29, 0.717) is 12.1 Å². The topological polar surface area (TPSA) is 77.0 Å². The van der Waals surface area contributed by atoms with Crippen LogP contribution in [0.25, 0.3) is 0 Å². The van der Waals surface area contributed by atoms with Gasteiger partial charge in [-0.25, -0.2) is 4.79 Å². The molecule has 0 radical (unpaired) electrons. The lowest BCUT2D eigenvalue weighted by Gasteiger charge is -2.05. The van der Waals surface area contributed by atoms with Crippen LogP contribution in [0.3, 0.4) is 0 Å². The maximum atomic E-state index is 11.7. The first kappa shape index (κ1) is 17.2. The Hall–Kier alpha value is -3.15. The molecule has 0 heterocycles. The molecule has 6 heteroatoms. The van der Waals surface area contributed by atoms with Gasteiger partial charge in [0.1, 0.15) is 0 Å². The molecule has 0 atom stereocenters. The highest BCUT2D eigenvalue weighted by atomic mass is 16.6. The second-order valence-electron chi connectivity index (χ2n) is 4.88. The van der Waals surface area contributed by atoms with Crippen molar-refractivity contribution in [3.8, 4) is 0 Å². The van der Waals surface area contributed by atoms with Crippen LogP contribution in [0.2, 0.25) is 0 Å². The Kier molecular flexibility index (Phi) is 6.52. The molecule has 2 aromatic carbocycles. The number of rotatable bonds is 7. The van der Waals surface area contributed by atoms with Gasteiger partial charge < -0.3 is 14.9 Å². The van der Waals surface area contributed by atoms with Crippen molar-refractivity contribution in [1.29, 1.82) is 0 Å². The molecular weight excluding hydrogens is 308 g/mol. The van der Waals surface area contributed by atoms with Crippen molar-refractivity contribution in [3.63, 3.8) is 0 Å². The molecule has 2 rings (SSSR count). The summed E-state index contributed by atoms with van der Waals surface area (Å²) in [7, 11) is 1.33. The van der Waals surface area contributed by atoms with E-state index < -0.39 is 5.97 Å². The zero-order chi connectivity index (χ0) is 17.2. The highest BCUT2D eigenvalue weighted by Crippen LogP contribution is 2.05. The van der Waals surface area contributed by atoms with E-state index in [1.54, 1.807) is 30.5 Å². The lowest BCUT2D eigenvalue weighted by molar-refractivity contribution is -0.125. The number of esters is 1. The van der Waals surface area contributed by atoms with Crippen molar-refractivity contribution >= 4 is 18.1 Å². The van der Waals surface area contributed by atoms with Crippen LogP contribution in [0.1, 0.15) is 21.5 Å². The SMILES string of the molecule is COC(=O)c1ccc(CNC(=O)CO/N=C\c2ccccc2)cc1. The minimum atomic E-state index is -0.393. The van der Waals surface area contributed by atoms with Crippen molar-refractivity contribution < 1.29 is 19.2 Å². The number of carbonyl (C=O) groups excluding carboxylic acids is 2. The highest BCUT2D eigenvalue weighted by molar-refractivity contribution is 5.89. The highest BCUT2D eigenvalue weighted by Gasteiger charge is 2.05. The van der Waals surface area contributed by atoms with E-state index in [4.69, 9.17) is 4.84 Å². The smallest absolute Gasteiger partial charge is 0.337 e. The van der Waals surface area contributed by atoms with Crippen LogP contribution in [0.5, 0.6) is 0 Å². The van der Waals surface area contributed by atoms with Crippen molar-refractivity contribution in [3.05, 3.63) is 71.3 Å². The lowest BCUT2D eigenvalue weighted by Crippen LogP contribution is -2.26. The molecule has 0 saturated heterocycles. The normalized spacial score (nSPS) is 10.4. The van der Waals surface area contributed by atoms with Gasteiger partial charge in [0.05, 0.1) is 18.9 Å². The molecule has 0 fully saturated rings. The number of benzene rings is 2. The Morgan fingerprint density at radius 1 is 1.08 bits per heavy atom. The summed E-state index contributed by atoms with van der Waals surface area (Å²) in [4.78, 5) is 27.9. The molecule has 0 aliphatic rings. The zero-order valence-corrected chi connectivity index (χ0v) is 13.3. The van der Waals surface area contributed by atoms with Gasteiger partial charge in [0.2, 0.25) is 0 Å². The summed E-state index contributed by atoms with van der Waals surface area (Å²) >= 11 is 0. The Morgan fingerprint density at radius 2 is 1.79 bits per heavy atom. The van der Waals surface area contributed by atoms with Crippen LogP contribution in [-0.2, 0) is 20.9 Å². The summed E-state index contributed by atoms with van der Waals surface area (Å²) in [5.74, 6) is -0.674. The van der Waals surface area contributed by atoms with Crippen LogP contribution < -0.4 is 5.32 Å². The fourth-order valence-electron chi connectivity index (χ4n) is 1.86. The predicted molar refractivity (Wildman–Crippen MR) is 89.6 cm³/mol. The third kappa shape index (κ3) is 5.57. The number of hydrogen-bond donors (Lipinski definition) is 1. The molecule has 0 aromatic heterocycles. The molecule has 2 aromatic rings. The van der Waals surface area contributed by atoms with Crippen LogP contribution >= 0.6 is 0 Å². The quantitative estimate of drug-likeness (QED) is 0.480. The second kappa shape index (κ2) is 9.09. The lowest BCUT2D eigenvalue weighted by atomic mass is 10.1. The molecule has 0 bridgehead atoms. The van der Waals surface area contributed by atoms with Crippen LogP contribution in [0, 0.1) is 0 Å². The summed E-state index contributed by atoms with van der Waals surface area (Å²) in [5, 5.41) is 6.45. The molecule has 124 valence electrons. The van der Waals surface area contributed by atoms with Crippen LogP contribution in [0.15, 0.2) is 59.8 Å². The van der Waals surface area contributed by atoms with E-state index in [1.807, 2.05) is 30.3 Å². The van der Waals surface area contributed by atoms with Crippen molar-refractivity contribution in [2.75, 3.05) is 13.7 Å². The van der Waals surface area contributed by atoms with E-state index in [1.165, 1.54) is 7.11 Å². The summed E-state index contributed by atoms with van der Waals surface area (Å²) in [6.45, 7) is 0.176. The van der Waals surface area contributed by atoms with E-state index in [0.717, 1.165) is 11.1 Å². The molecule has 1 N–H and O–H groups in total. The third-order valence-electron chi connectivity index (χ3n) is 3.14. The summed E-state index contributed by atoms with van der Waals surface area (Å²) in [6.07, 6.45) is 1.54. The molecule has 0 aliphatic heterocycles. The minimum Gasteiger partial charge on any atom is -0.465 e. The van der Waals surface area contributed by atoms with Crippen molar-refractivity contribution in [1.82, 2.24) is 5.32 Å². The van der Waals surface area contributed by atoms with Crippen LogP contribution in [-0.4, -0.2) is 31.8 Å². The van der Waals surface area contributed by atoms with Gasteiger partial charge in [-0.1, -0.05) is 47.6 Å². The number of ether oxygens (including phenoxy) is 1. The maximum absolute atomic E-state index is 11.7. The van der Waals surface area contributed by atoms with Gasteiger partial charge >= 0.3 is 5.97 Å². The van der Waals surface area contributed by atoms with Gasteiger partial charge in [0.15, 0.2) is 6.61 Å². The zero-order valence-electron chi connectivity index (χ0n) is 13.3. The monoisotopic (exact) mass is 326 g/mol. The summed E-state index contributed by atoms with van der Waals surface area (Å²) in [5.41, 5.74) is 2.22. The number of nitrogens with zero attached hydrogens (tertiary/aromatic N) is 1. The van der Waals surface area contributed by atoms with Gasteiger partial charge in [-0.05, 0) is 23.3 Å². The number of methoxy groups -OCH3 is 1. The van der Waals surface area contributed by atoms with E-state index >= 15 is 0 Å². The maximum Gasteiger partial charge on any atom is 0.337 e. The van der Waals surface area contributed by atoms with E-state index in [-0.39, 0.29) is 12.5 Å². The van der Waals surface area contributed by atoms with E-state index in [9.17, 15) is 9.59 Å². The van der Waals surface area contributed by atoms with Gasteiger partial charge in [0.25, 0.3) is 5.91 Å². The fourth-order valence-corrected chi connectivity index (χ4v) is 1.86. The van der Waals surface area contributed by atoms with Crippen molar-refractivity contribution in [2.45, 2.75) is 6.54 Å². The Labute approximate surface area is 140 Å². The number of amides is 1. The second-order valence-corrected chi connectivity index (χ2v) is 4.88. The number of carbonyl (C=O) groups is 2. The number of hydrogen-bond acceptors (Lipinski definition) is 5. The summed E-state index contributed by atoms with van der Waals surface area (Å²) in [6, 6.07) is 16.2. The third-order valence-corrected chi connectivity index (χ3v) is 3.14. The average Bonchev–Trinajstić information content (AvgIpc) is 2.64. The van der Waals surface area contributed by atoms with Gasteiger partial charge in [0, 0.05) is 6.54 Å². The molecule has 24 heavy (non-hydrogen) atoms. The Balaban J connectivity index is 1.71. The van der Waals surface area contributed by atoms with Crippen LogP contribution in [0.4, 0.5) is 0 Å². The summed E-state index contributed by atoms with van der Waals surface area (Å²) < 4.78 is 4.62. The molecule has 0 unspecified atom stereocenters. The average molecular weight is 326 g/mol. The predicted octanol–water partition coefficient (Wildman–Crippen LogP) is 2.14. The number of oxime groups is 1. The molecule has 6 nitrogen and oxygen atoms in total.